The molecule has 1 nitrogen and oxygen atoms in total. The van der Waals surface area contributed by atoms with Crippen LogP contribution < -0.4 is 0 Å². The third-order valence-corrected chi connectivity index (χ3v) is 1.87. The van der Waals surface area contributed by atoms with Crippen molar-refractivity contribution in [2.24, 2.45) is 5.92 Å². The van der Waals surface area contributed by atoms with E-state index in [0.717, 1.165) is 18.9 Å². The quantitative estimate of drug-likeness (QED) is 0.599. The minimum atomic E-state index is 0.719. The molecule has 0 aromatic carbocycles. The molecule has 11 heavy (non-hydrogen) atoms. The van der Waals surface area contributed by atoms with Crippen molar-refractivity contribution in [3.63, 3.8) is 0 Å². The van der Waals surface area contributed by atoms with Gasteiger partial charge in [-0.25, -0.2) is 0 Å². The average molecular weight is 151 g/mol. The Morgan fingerprint density at radius 3 is 2.82 bits per heavy atom. The van der Waals surface area contributed by atoms with Gasteiger partial charge in [-0.15, -0.1) is 0 Å². The molecule has 1 heterocycles. The van der Waals surface area contributed by atoms with Gasteiger partial charge in [0.05, 0.1) is 0 Å². The third-order valence-electron chi connectivity index (χ3n) is 1.87. The van der Waals surface area contributed by atoms with Gasteiger partial charge in [0.1, 0.15) is 0 Å². The van der Waals surface area contributed by atoms with E-state index in [1.165, 1.54) is 12.1 Å². The lowest BCUT2D eigenvalue weighted by Crippen LogP contribution is -2.14. The second-order valence-corrected chi connectivity index (χ2v) is 3.53. The van der Waals surface area contributed by atoms with Crippen LogP contribution in [0.4, 0.5) is 0 Å². The van der Waals surface area contributed by atoms with E-state index in [1.807, 2.05) is 0 Å². The van der Waals surface area contributed by atoms with Crippen LogP contribution in [0.1, 0.15) is 26.7 Å². The Hall–Kier alpha value is -0.720. The fourth-order valence-electron chi connectivity index (χ4n) is 1.34. The molecule has 0 fully saturated rings. The number of nitrogens with zero attached hydrogens (tertiary/aromatic N) is 1. The Bertz CT molecular complexity index is 168. The van der Waals surface area contributed by atoms with Crippen molar-refractivity contribution in [2.75, 3.05) is 6.54 Å². The summed E-state index contributed by atoms with van der Waals surface area (Å²) in [6.07, 6.45) is 6.64. The monoisotopic (exact) mass is 151 g/mol. The van der Waals surface area contributed by atoms with Crippen LogP contribution in [-0.2, 0) is 0 Å². The minimum Gasteiger partial charge on any atom is -0.352 e. The fourth-order valence-corrected chi connectivity index (χ4v) is 1.34. The van der Waals surface area contributed by atoms with Gasteiger partial charge in [0, 0.05) is 12.2 Å². The van der Waals surface area contributed by atoms with Crippen molar-refractivity contribution in [3.05, 3.63) is 24.6 Å². The summed E-state index contributed by atoms with van der Waals surface area (Å²) in [5.41, 5.74) is 1.26. The standard InChI is InChI=1S/C10H17N/c1-9(2)8-10(3)11-6-4-5-7-11/h4,6,9H,3,5,7-8H2,1-2H3. The van der Waals surface area contributed by atoms with E-state index in [9.17, 15) is 0 Å². The second-order valence-electron chi connectivity index (χ2n) is 3.53. The highest BCUT2D eigenvalue weighted by Crippen LogP contribution is 2.17. The van der Waals surface area contributed by atoms with E-state index in [-0.39, 0.29) is 0 Å². The van der Waals surface area contributed by atoms with Crippen LogP contribution in [0.5, 0.6) is 0 Å². The smallest absolute Gasteiger partial charge is 0.0257 e. The normalized spacial score (nSPS) is 16.5. The zero-order valence-corrected chi connectivity index (χ0v) is 7.51. The van der Waals surface area contributed by atoms with E-state index in [0.29, 0.717) is 0 Å². The Morgan fingerprint density at radius 2 is 2.36 bits per heavy atom. The maximum absolute atomic E-state index is 4.05. The van der Waals surface area contributed by atoms with Crippen molar-refractivity contribution < 1.29 is 0 Å². The molecule has 0 unspecified atom stereocenters. The van der Waals surface area contributed by atoms with Crippen LogP contribution in [-0.4, -0.2) is 11.4 Å². The van der Waals surface area contributed by atoms with Gasteiger partial charge in [0.2, 0.25) is 0 Å². The molecule has 0 radical (unpaired) electrons. The third kappa shape index (κ3) is 2.41. The van der Waals surface area contributed by atoms with E-state index in [4.69, 9.17) is 0 Å². The van der Waals surface area contributed by atoms with Gasteiger partial charge in [-0.3, -0.25) is 0 Å². The van der Waals surface area contributed by atoms with Gasteiger partial charge in [0.15, 0.2) is 0 Å². The lowest BCUT2D eigenvalue weighted by Gasteiger charge is -2.19. The highest BCUT2D eigenvalue weighted by atomic mass is 15.1. The molecular weight excluding hydrogens is 134 g/mol. The zero-order valence-electron chi connectivity index (χ0n) is 7.51. The first-order chi connectivity index (χ1) is 5.20. The molecule has 1 aliphatic heterocycles. The van der Waals surface area contributed by atoms with Crippen molar-refractivity contribution >= 4 is 0 Å². The molecule has 0 bridgehead atoms. The molecule has 0 aromatic heterocycles. The van der Waals surface area contributed by atoms with Crippen LogP contribution in [0, 0.1) is 5.92 Å². The second kappa shape index (κ2) is 3.61. The van der Waals surface area contributed by atoms with E-state index >= 15 is 0 Å². The summed E-state index contributed by atoms with van der Waals surface area (Å²) in [5, 5.41) is 0. The van der Waals surface area contributed by atoms with E-state index in [2.05, 4.69) is 37.6 Å². The van der Waals surface area contributed by atoms with Gasteiger partial charge in [-0.05, 0) is 25.0 Å². The van der Waals surface area contributed by atoms with Crippen LogP contribution in [0.25, 0.3) is 0 Å². The van der Waals surface area contributed by atoms with Gasteiger partial charge < -0.3 is 4.90 Å². The van der Waals surface area contributed by atoms with Gasteiger partial charge in [0.25, 0.3) is 0 Å². The molecule has 0 aromatic rings. The van der Waals surface area contributed by atoms with Gasteiger partial charge in [-0.2, -0.15) is 0 Å². The van der Waals surface area contributed by atoms with Gasteiger partial charge in [-0.1, -0.05) is 26.5 Å². The van der Waals surface area contributed by atoms with Crippen LogP contribution in [0.2, 0.25) is 0 Å². The number of rotatable bonds is 3. The summed E-state index contributed by atoms with van der Waals surface area (Å²) in [6.45, 7) is 9.64. The average Bonchev–Trinajstić information content (AvgIpc) is 2.35. The SMILES string of the molecule is C=C(CC(C)C)N1C=CCC1. The molecular formula is C10H17N. The summed E-state index contributed by atoms with van der Waals surface area (Å²) in [5.74, 6) is 0.719. The summed E-state index contributed by atoms with van der Waals surface area (Å²) in [6, 6.07) is 0. The topological polar surface area (TPSA) is 3.24 Å². The van der Waals surface area contributed by atoms with E-state index in [1.54, 1.807) is 0 Å². The molecule has 1 heteroatoms. The molecule has 0 spiro atoms. The number of allylic oxidation sites excluding steroid dienone is 1. The summed E-state index contributed by atoms with van der Waals surface area (Å²) >= 11 is 0. The molecule has 0 saturated heterocycles. The van der Waals surface area contributed by atoms with Crippen LogP contribution in [0.15, 0.2) is 24.6 Å². The molecule has 0 saturated carbocycles. The predicted octanol–water partition coefficient (Wildman–Crippen LogP) is 2.77. The maximum atomic E-state index is 4.05. The summed E-state index contributed by atoms with van der Waals surface area (Å²) in [4.78, 5) is 2.25. The van der Waals surface area contributed by atoms with Crippen LogP contribution >= 0.6 is 0 Å². The lowest BCUT2D eigenvalue weighted by atomic mass is 10.1. The molecule has 1 aliphatic rings. The minimum absolute atomic E-state index is 0.719. The molecule has 1 rings (SSSR count). The number of hydrogen-bond acceptors (Lipinski definition) is 1. The largest absolute Gasteiger partial charge is 0.352 e. The molecule has 0 amide bonds. The highest BCUT2D eigenvalue weighted by molar-refractivity contribution is 5.05. The molecule has 62 valence electrons. The molecule has 0 atom stereocenters. The molecule has 0 N–H and O–H groups in total. The zero-order chi connectivity index (χ0) is 8.27. The fraction of sp³-hybridized carbons (Fsp3) is 0.600. The maximum Gasteiger partial charge on any atom is 0.0257 e. The van der Waals surface area contributed by atoms with Gasteiger partial charge >= 0.3 is 0 Å². The summed E-state index contributed by atoms with van der Waals surface area (Å²) in [7, 11) is 0. The molecule has 0 aliphatic carbocycles. The highest BCUT2D eigenvalue weighted by Gasteiger charge is 2.08. The first-order valence-corrected chi connectivity index (χ1v) is 4.31. The van der Waals surface area contributed by atoms with Crippen molar-refractivity contribution in [1.82, 2.24) is 4.90 Å². The van der Waals surface area contributed by atoms with Crippen LogP contribution in [0.3, 0.4) is 0 Å². The van der Waals surface area contributed by atoms with E-state index < -0.39 is 0 Å². The Kier molecular flexibility index (Phi) is 2.75. The Labute approximate surface area is 69.4 Å². The first-order valence-electron chi connectivity index (χ1n) is 4.31. The predicted molar refractivity (Wildman–Crippen MR) is 49.1 cm³/mol. The Balaban J connectivity index is 2.35. The van der Waals surface area contributed by atoms with Crippen molar-refractivity contribution in [3.8, 4) is 0 Å². The first kappa shape index (κ1) is 8.38. The van der Waals surface area contributed by atoms with Crippen molar-refractivity contribution in [2.45, 2.75) is 26.7 Å². The Morgan fingerprint density at radius 1 is 1.64 bits per heavy atom. The van der Waals surface area contributed by atoms with Crippen molar-refractivity contribution in [1.29, 1.82) is 0 Å². The summed E-state index contributed by atoms with van der Waals surface area (Å²) < 4.78 is 0. The number of hydrogen-bond donors (Lipinski definition) is 0. The lowest BCUT2D eigenvalue weighted by molar-refractivity contribution is 0.451.